The lowest BCUT2D eigenvalue weighted by Gasteiger charge is -2.26. The lowest BCUT2D eigenvalue weighted by atomic mass is 10.1. The Morgan fingerprint density at radius 2 is 2.21 bits per heavy atom. The van der Waals surface area contributed by atoms with E-state index < -0.39 is 0 Å². The number of fused-ring (bicyclic) bond motifs is 5. The van der Waals surface area contributed by atoms with Gasteiger partial charge in [-0.25, -0.2) is 19.8 Å². The number of carbonyl (C=O) groups excluding carboxylic acids is 1. The summed E-state index contributed by atoms with van der Waals surface area (Å²) in [6.45, 7) is 2.79. The Bertz CT molecular complexity index is 1030. The van der Waals surface area contributed by atoms with E-state index in [4.69, 9.17) is 4.74 Å². The van der Waals surface area contributed by atoms with E-state index in [0.29, 0.717) is 41.6 Å². The van der Waals surface area contributed by atoms with E-state index in [-0.39, 0.29) is 24.4 Å². The van der Waals surface area contributed by atoms with Crippen LogP contribution in [0.1, 0.15) is 18.1 Å². The summed E-state index contributed by atoms with van der Waals surface area (Å²) in [6, 6.07) is 6.37. The van der Waals surface area contributed by atoms with Crippen molar-refractivity contribution in [3.8, 4) is 0 Å². The van der Waals surface area contributed by atoms with Gasteiger partial charge in [0.05, 0.1) is 24.4 Å². The summed E-state index contributed by atoms with van der Waals surface area (Å²) in [7, 11) is 0. The standard InChI is InChI=1S/C19H19FN6O2/c1-10-8-28-9-11-4-12(20)6-13(5-11)24-16-14-2-3-21-17(14)26-18(25-16)15(7-22-26)19(27)23-10/h2-6,10,21-22H,7-9H2,1H3,(H,23,27)(H,24,25). The number of nitrogens with zero attached hydrogens (tertiary/aromatic N) is 2. The van der Waals surface area contributed by atoms with Crippen LogP contribution in [0.3, 0.4) is 0 Å². The molecule has 144 valence electrons. The van der Waals surface area contributed by atoms with E-state index in [2.05, 4.69) is 26.0 Å². The number of aromatic amines is 1. The molecule has 3 aliphatic heterocycles. The smallest absolute Gasteiger partial charge is 0.252 e. The molecular formula is C19H19FN6O2. The molecule has 9 heteroatoms. The number of ether oxygens (including phenoxy) is 1. The molecule has 0 saturated heterocycles. The third kappa shape index (κ3) is 2.85. The van der Waals surface area contributed by atoms with Gasteiger partial charge in [-0.2, -0.15) is 0 Å². The number of halogens is 1. The number of aromatic nitrogens is 1. The zero-order valence-electron chi connectivity index (χ0n) is 15.2. The van der Waals surface area contributed by atoms with Crippen LogP contribution in [0.15, 0.2) is 46.8 Å². The molecule has 1 amide bonds. The first-order valence-electron chi connectivity index (χ1n) is 9.07. The summed E-state index contributed by atoms with van der Waals surface area (Å²) in [6.07, 6.45) is 1.80. The number of hydrogen-bond donors (Lipinski definition) is 4. The molecule has 4 bridgehead atoms. The molecule has 2 aromatic rings. The zero-order valence-corrected chi connectivity index (χ0v) is 15.2. The second-order valence-corrected chi connectivity index (χ2v) is 7.04. The Labute approximate surface area is 160 Å². The van der Waals surface area contributed by atoms with E-state index in [9.17, 15) is 9.18 Å². The number of benzene rings is 1. The number of hydrazine groups is 1. The largest absolute Gasteiger partial charge is 0.375 e. The molecule has 8 nitrogen and oxygen atoms in total. The molecule has 3 aliphatic rings. The summed E-state index contributed by atoms with van der Waals surface area (Å²) in [5, 5.41) is 7.90. The van der Waals surface area contributed by atoms with Crippen LogP contribution in [0, 0.1) is 5.82 Å². The first-order chi connectivity index (χ1) is 13.6. The van der Waals surface area contributed by atoms with Gasteiger partial charge in [0.2, 0.25) is 0 Å². The molecule has 1 atom stereocenters. The molecule has 1 aromatic heterocycles. The molecule has 1 unspecified atom stereocenters. The third-order valence-corrected chi connectivity index (χ3v) is 4.83. The Morgan fingerprint density at radius 3 is 3.11 bits per heavy atom. The van der Waals surface area contributed by atoms with Crippen LogP contribution in [0.5, 0.6) is 0 Å². The minimum atomic E-state index is -0.355. The second kappa shape index (κ2) is 6.47. The average molecular weight is 382 g/mol. The molecule has 0 radical (unpaired) electrons. The van der Waals surface area contributed by atoms with Crippen molar-refractivity contribution in [1.82, 2.24) is 15.7 Å². The highest BCUT2D eigenvalue weighted by molar-refractivity contribution is 6.14. The molecule has 4 heterocycles. The van der Waals surface area contributed by atoms with Gasteiger partial charge in [-0.15, -0.1) is 0 Å². The zero-order chi connectivity index (χ0) is 19.3. The number of rotatable bonds is 0. The van der Waals surface area contributed by atoms with E-state index in [1.165, 1.54) is 12.1 Å². The highest BCUT2D eigenvalue weighted by Crippen LogP contribution is 2.32. The van der Waals surface area contributed by atoms with Gasteiger partial charge in [0, 0.05) is 24.5 Å². The lowest BCUT2D eigenvalue weighted by Crippen LogP contribution is -2.37. The van der Waals surface area contributed by atoms with Gasteiger partial charge >= 0.3 is 0 Å². The van der Waals surface area contributed by atoms with Crippen LogP contribution < -0.4 is 21.1 Å². The topological polar surface area (TPSA) is 93.8 Å². The minimum absolute atomic E-state index is 0.194. The van der Waals surface area contributed by atoms with Crippen molar-refractivity contribution >= 4 is 23.2 Å². The summed E-state index contributed by atoms with van der Waals surface area (Å²) in [5.41, 5.74) is 5.80. The van der Waals surface area contributed by atoms with E-state index in [0.717, 1.165) is 11.4 Å². The van der Waals surface area contributed by atoms with Crippen LogP contribution >= 0.6 is 0 Å². The van der Waals surface area contributed by atoms with Gasteiger partial charge in [-0.3, -0.25) is 4.79 Å². The predicted octanol–water partition coefficient (Wildman–Crippen LogP) is 1.60. The van der Waals surface area contributed by atoms with E-state index >= 15 is 0 Å². The Kier molecular flexibility index (Phi) is 3.92. The first-order valence-corrected chi connectivity index (χ1v) is 9.07. The minimum Gasteiger partial charge on any atom is -0.375 e. The van der Waals surface area contributed by atoms with Crippen LogP contribution in [0.2, 0.25) is 0 Å². The summed E-state index contributed by atoms with van der Waals surface area (Å²) in [5.74, 6) is 1.28. The molecule has 0 fully saturated rings. The number of nitrogens with one attached hydrogen (secondary N) is 4. The van der Waals surface area contributed by atoms with Crippen molar-refractivity contribution in [1.29, 1.82) is 0 Å². The quantitative estimate of drug-likeness (QED) is 0.555. The predicted molar refractivity (Wildman–Crippen MR) is 102 cm³/mol. The molecule has 0 spiro atoms. The molecular weight excluding hydrogens is 363 g/mol. The fourth-order valence-corrected chi connectivity index (χ4v) is 3.58. The number of anilines is 2. The Morgan fingerprint density at radius 1 is 1.32 bits per heavy atom. The number of hydrogen-bond acceptors (Lipinski definition) is 6. The number of amidine groups is 1. The van der Waals surface area contributed by atoms with Crippen LogP contribution in [0.4, 0.5) is 15.9 Å². The summed E-state index contributed by atoms with van der Waals surface area (Å²) >= 11 is 0. The van der Waals surface area contributed by atoms with Gasteiger partial charge in [0.1, 0.15) is 17.5 Å². The van der Waals surface area contributed by atoms with E-state index in [1.54, 1.807) is 11.2 Å². The van der Waals surface area contributed by atoms with Crippen LogP contribution in [-0.2, 0) is 16.1 Å². The number of carbonyl (C=O) groups is 1. The van der Waals surface area contributed by atoms with Crippen molar-refractivity contribution in [3.63, 3.8) is 0 Å². The summed E-state index contributed by atoms with van der Waals surface area (Å²) < 4.78 is 19.8. The highest BCUT2D eigenvalue weighted by Gasteiger charge is 2.34. The molecule has 0 aliphatic carbocycles. The monoisotopic (exact) mass is 382 g/mol. The van der Waals surface area contributed by atoms with Gasteiger partial charge in [-0.1, -0.05) is 0 Å². The summed E-state index contributed by atoms with van der Waals surface area (Å²) in [4.78, 5) is 20.6. The van der Waals surface area contributed by atoms with Gasteiger partial charge < -0.3 is 20.4 Å². The van der Waals surface area contributed by atoms with Crippen molar-refractivity contribution in [2.75, 3.05) is 23.5 Å². The Balaban J connectivity index is 1.64. The van der Waals surface area contributed by atoms with Crippen LogP contribution in [0.25, 0.3) is 0 Å². The maximum Gasteiger partial charge on any atom is 0.252 e. The fourth-order valence-electron chi connectivity index (χ4n) is 3.58. The number of aliphatic imine (C=N–C) groups is 1. The number of H-pyrrole nitrogens is 1. The van der Waals surface area contributed by atoms with Crippen molar-refractivity contribution in [2.45, 2.75) is 19.6 Å². The Hall–Kier alpha value is -3.17. The van der Waals surface area contributed by atoms with Crippen LogP contribution in [-0.4, -0.2) is 35.9 Å². The number of amides is 1. The SMILES string of the molecule is CC1COCc2cc(F)cc(c2)NC2=NC3=C(CNN3c3[nH]ccc32)C(=O)N1. The molecule has 28 heavy (non-hydrogen) atoms. The first kappa shape index (κ1) is 17.0. The van der Waals surface area contributed by atoms with Gasteiger partial charge in [0.15, 0.2) is 5.82 Å². The second-order valence-electron chi connectivity index (χ2n) is 7.04. The van der Waals surface area contributed by atoms with Crippen molar-refractivity contribution in [2.24, 2.45) is 4.99 Å². The van der Waals surface area contributed by atoms with E-state index in [1.807, 2.05) is 19.1 Å². The highest BCUT2D eigenvalue weighted by atomic mass is 19.1. The maximum absolute atomic E-state index is 14.1. The molecule has 5 rings (SSSR count). The maximum atomic E-state index is 14.1. The lowest BCUT2D eigenvalue weighted by molar-refractivity contribution is -0.118. The fraction of sp³-hybridized carbons (Fsp3) is 0.263. The normalized spacial score (nSPS) is 21.5. The van der Waals surface area contributed by atoms with Crippen molar-refractivity contribution in [3.05, 3.63) is 58.8 Å². The van der Waals surface area contributed by atoms with Crippen molar-refractivity contribution < 1.29 is 13.9 Å². The third-order valence-electron chi connectivity index (χ3n) is 4.83. The molecule has 1 aromatic carbocycles. The molecule has 0 saturated carbocycles. The average Bonchev–Trinajstić information content (AvgIpc) is 3.27. The van der Waals surface area contributed by atoms with Gasteiger partial charge in [0.25, 0.3) is 5.91 Å². The molecule has 4 N–H and O–H groups in total. The van der Waals surface area contributed by atoms with Gasteiger partial charge in [-0.05, 0) is 36.8 Å².